The molecule has 0 spiro atoms. The van der Waals surface area contributed by atoms with Gasteiger partial charge in [0.25, 0.3) is 5.56 Å². The second-order valence-electron chi connectivity index (χ2n) is 12.6. The molecule has 4 saturated carbocycles. The van der Waals surface area contributed by atoms with Gasteiger partial charge in [-0.3, -0.25) is 9.59 Å². The largest absolute Gasteiger partial charge is 0.325 e. The number of rotatable bonds is 5. The summed E-state index contributed by atoms with van der Waals surface area (Å²) in [6.45, 7) is 4.82. The minimum absolute atomic E-state index is 0.00129. The van der Waals surface area contributed by atoms with Crippen LogP contribution < -0.4 is 10.9 Å². The van der Waals surface area contributed by atoms with Crippen molar-refractivity contribution in [1.29, 1.82) is 0 Å². The molecule has 2 aromatic carbocycles. The lowest BCUT2D eigenvalue weighted by molar-refractivity contribution is -0.153. The molecule has 1 amide bonds. The van der Waals surface area contributed by atoms with Crippen LogP contribution in [0.1, 0.15) is 64.4 Å². The Hall–Kier alpha value is -3.02. The fraction of sp³-hybridized carbons (Fsp3) is 0.467. The quantitative estimate of drug-likeness (QED) is 0.435. The summed E-state index contributed by atoms with van der Waals surface area (Å²) in [7, 11) is 0. The molecule has 0 saturated heterocycles. The van der Waals surface area contributed by atoms with Gasteiger partial charge in [0.05, 0.1) is 6.54 Å². The fourth-order valence-corrected chi connectivity index (χ4v) is 8.80. The van der Waals surface area contributed by atoms with E-state index in [-0.39, 0.29) is 29.0 Å². The third-order valence-corrected chi connectivity index (χ3v) is 8.93. The summed E-state index contributed by atoms with van der Waals surface area (Å²) < 4.78 is 28.8. The Morgan fingerprint density at radius 1 is 1.00 bits per heavy atom. The van der Waals surface area contributed by atoms with E-state index in [4.69, 9.17) is 0 Å². The molecule has 36 heavy (non-hydrogen) atoms. The lowest BCUT2D eigenvalue weighted by atomic mass is 9.40. The molecular weight excluding hydrogens is 458 g/mol. The number of halogens is 2. The standard InChI is InChI=1S/C30H32F2N2O2/c1-28-11-19-12-29(2,16-28)18-30(13-19,17-28)14-26(35)33-25-5-3-4-23-22(25)8-9-34(27(23)36)15-20-6-7-21(31)10-24(20)32/h3-10,19H,11-18H2,1-2H3,(H,33,35). The van der Waals surface area contributed by atoms with Crippen molar-refractivity contribution in [3.63, 3.8) is 0 Å². The zero-order valence-corrected chi connectivity index (χ0v) is 20.9. The average Bonchev–Trinajstić information content (AvgIpc) is 2.74. The number of nitrogens with zero attached hydrogens (tertiary/aromatic N) is 1. The highest BCUT2D eigenvalue weighted by Gasteiger charge is 2.60. The summed E-state index contributed by atoms with van der Waals surface area (Å²) >= 11 is 0. The Balaban J connectivity index is 1.24. The highest BCUT2D eigenvalue weighted by atomic mass is 19.1. The van der Waals surface area contributed by atoms with Gasteiger partial charge in [-0.2, -0.15) is 0 Å². The predicted octanol–water partition coefficient (Wildman–Crippen LogP) is 6.65. The molecule has 4 aliphatic carbocycles. The number of nitrogens with one attached hydrogen (secondary N) is 1. The molecule has 0 aliphatic heterocycles. The molecule has 1 heterocycles. The van der Waals surface area contributed by atoms with Gasteiger partial charge in [-0.05, 0) is 85.0 Å². The molecule has 6 heteroatoms. The summed E-state index contributed by atoms with van der Waals surface area (Å²) in [5, 5.41) is 4.22. The van der Waals surface area contributed by atoms with Gasteiger partial charge < -0.3 is 9.88 Å². The molecule has 2 unspecified atom stereocenters. The zero-order valence-electron chi connectivity index (χ0n) is 20.9. The van der Waals surface area contributed by atoms with E-state index in [9.17, 15) is 18.4 Å². The van der Waals surface area contributed by atoms with E-state index in [2.05, 4.69) is 19.2 Å². The number of hydrogen-bond acceptors (Lipinski definition) is 2. The van der Waals surface area contributed by atoms with Crippen LogP contribution in [0, 0.1) is 33.8 Å². The van der Waals surface area contributed by atoms with Crippen molar-refractivity contribution in [3.8, 4) is 0 Å². The molecule has 1 N–H and O–H groups in total. The second kappa shape index (κ2) is 7.99. The fourth-order valence-electron chi connectivity index (χ4n) is 8.80. The molecule has 4 bridgehead atoms. The minimum atomic E-state index is -0.685. The number of carbonyl (C=O) groups is 1. The maximum atomic E-state index is 14.1. The van der Waals surface area contributed by atoms with Crippen molar-refractivity contribution in [2.75, 3.05) is 5.32 Å². The van der Waals surface area contributed by atoms with Crippen molar-refractivity contribution >= 4 is 22.4 Å². The van der Waals surface area contributed by atoms with Crippen LogP contribution in [-0.2, 0) is 11.3 Å². The van der Waals surface area contributed by atoms with Gasteiger partial charge in [0.15, 0.2) is 0 Å². The molecule has 4 aliphatic rings. The predicted molar refractivity (Wildman–Crippen MR) is 137 cm³/mol. The van der Waals surface area contributed by atoms with E-state index in [0.717, 1.165) is 31.2 Å². The van der Waals surface area contributed by atoms with Gasteiger partial charge in [0.2, 0.25) is 5.91 Å². The summed E-state index contributed by atoms with van der Waals surface area (Å²) in [6.07, 6.45) is 9.38. The van der Waals surface area contributed by atoms with Crippen LogP contribution in [0.5, 0.6) is 0 Å². The first-order valence-electron chi connectivity index (χ1n) is 12.9. The lowest BCUT2D eigenvalue weighted by Crippen LogP contribution is -2.55. The van der Waals surface area contributed by atoms with Crippen LogP contribution in [0.2, 0.25) is 0 Å². The first-order valence-corrected chi connectivity index (χ1v) is 12.9. The zero-order chi connectivity index (χ0) is 25.3. The van der Waals surface area contributed by atoms with Crippen LogP contribution in [0.15, 0.2) is 53.5 Å². The van der Waals surface area contributed by atoms with E-state index < -0.39 is 11.6 Å². The Morgan fingerprint density at radius 2 is 1.75 bits per heavy atom. The number of aromatic nitrogens is 1. The topological polar surface area (TPSA) is 51.1 Å². The molecule has 2 atom stereocenters. The normalized spacial score (nSPS) is 30.6. The van der Waals surface area contributed by atoms with Crippen LogP contribution >= 0.6 is 0 Å². The number of anilines is 1. The molecule has 188 valence electrons. The SMILES string of the molecule is CC12CC3CC(C)(C1)CC(CC(=O)Nc1cccc4c(=O)n(Cc5ccc(F)cc5F)ccc14)(C3)C2. The van der Waals surface area contributed by atoms with Crippen LogP contribution in [0.4, 0.5) is 14.5 Å². The van der Waals surface area contributed by atoms with E-state index in [1.807, 2.05) is 6.07 Å². The molecule has 0 radical (unpaired) electrons. The van der Waals surface area contributed by atoms with Crippen molar-refractivity contribution < 1.29 is 13.6 Å². The van der Waals surface area contributed by atoms with Gasteiger partial charge in [-0.15, -0.1) is 0 Å². The summed E-state index contributed by atoms with van der Waals surface area (Å²) in [5.41, 5.74) is 1.35. The first-order chi connectivity index (χ1) is 17.0. The molecule has 4 nitrogen and oxygen atoms in total. The Kier molecular flexibility index (Phi) is 5.19. The van der Waals surface area contributed by atoms with E-state index in [1.54, 1.807) is 24.4 Å². The van der Waals surface area contributed by atoms with Crippen LogP contribution in [0.3, 0.4) is 0 Å². The van der Waals surface area contributed by atoms with Gasteiger partial charge in [0.1, 0.15) is 11.6 Å². The van der Waals surface area contributed by atoms with Crippen molar-refractivity contribution in [2.45, 2.75) is 65.3 Å². The van der Waals surface area contributed by atoms with Crippen molar-refractivity contribution in [3.05, 3.63) is 76.2 Å². The summed E-state index contributed by atoms with van der Waals surface area (Å²) in [4.78, 5) is 26.5. The van der Waals surface area contributed by atoms with E-state index >= 15 is 0 Å². The Labute approximate surface area is 209 Å². The van der Waals surface area contributed by atoms with E-state index in [0.29, 0.717) is 33.7 Å². The number of fused-ring (bicyclic) bond motifs is 1. The van der Waals surface area contributed by atoms with Crippen molar-refractivity contribution in [2.24, 2.45) is 22.2 Å². The van der Waals surface area contributed by atoms with Gasteiger partial charge in [-0.1, -0.05) is 26.0 Å². The highest BCUT2D eigenvalue weighted by Crippen LogP contribution is 2.70. The number of benzene rings is 2. The molecular formula is C30H32F2N2O2. The minimum Gasteiger partial charge on any atom is -0.325 e. The maximum Gasteiger partial charge on any atom is 0.258 e. The van der Waals surface area contributed by atoms with Gasteiger partial charge >= 0.3 is 0 Å². The third kappa shape index (κ3) is 4.04. The molecule has 3 aromatic rings. The molecule has 7 rings (SSSR count). The Bertz CT molecular complexity index is 1430. The van der Waals surface area contributed by atoms with Crippen LogP contribution in [-0.4, -0.2) is 10.5 Å². The maximum absolute atomic E-state index is 14.1. The summed E-state index contributed by atoms with van der Waals surface area (Å²) in [5.74, 6) is -0.602. The number of hydrogen-bond donors (Lipinski definition) is 1. The monoisotopic (exact) mass is 490 g/mol. The smallest absolute Gasteiger partial charge is 0.258 e. The van der Waals surface area contributed by atoms with Crippen LogP contribution in [0.25, 0.3) is 10.8 Å². The number of carbonyl (C=O) groups excluding carboxylic acids is 1. The van der Waals surface area contributed by atoms with E-state index in [1.165, 1.54) is 36.0 Å². The average molecular weight is 491 g/mol. The first kappa shape index (κ1) is 23.4. The highest BCUT2D eigenvalue weighted by molar-refractivity contribution is 6.02. The molecule has 4 fully saturated rings. The van der Waals surface area contributed by atoms with Crippen molar-refractivity contribution in [1.82, 2.24) is 4.57 Å². The summed E-state index contributed by atoms with van der Waals surface area (Å²) in [6, 6.07) is 10.4. The second-order valence-corrected chi connectivity index (χ2v) is 12.6. The number of amides is 1. The molecule has 1 aromatic heterocycles. The van der Waals surface area contributed by atoms with Gasteiger partial charge in [0, 0.05) is 40.7 Å². The lowest BCUT2D eigenvalue weighted by Gasteiger charge is -2.65. The Morgan fingerprint density at radius 3 is 2.44 bits per heavy atom. The number of pyridine rings is 1. The third-order valence-electron chi connectivity index (χ3n) is 8.93. The van der Waals surface area contributed by atoms with Gasteiger partial charge in [-0.25, -0.2) is 8.78 Å².